The SMILES string of the molecule is O=S(=O)(O)c1cc(S(=O)(=O)O)c2cc(O)c(S(=O)(=O)O)cc2c1.[Na].[Na].[Na]. The van der Waals surface area contributed by atoms with E-state index >= 15 is 0 Å². The Bertz CT molecular complexity index is 1140. The van der Waals surface area contributed by atoms with Gasteiger partial charge >= 0.3 is 0 Å². The Morgan fingerprint density at radius 3 is 1.46 bits per heavy atom. The first-order chi connectivity index (χ1) is 10.2. The molecule has 0 heterocycles. The smallest absolute Gasteiger partial charge is 0.298 e. The van der Waals surface area contributed by atoms with E-state index in [0.717, 1.165) is 0 Å². The second-order valence-corrected chi connectivity index (χ2v) is 8.59. The maximum absolute atomic E-state index is 11.3. The minimum atomic E-state index is -4.98. The average molecular weight is 453 g/mol. The number of phenolic OH excluding ortho intramolecular Hbond substituents is 1. The summed E-state index contributed by atoms with van der Waals surface area (Å²) in [6.07, 6.45) is 0. The molecule has 0 aliphatic heterocycles. The van der Waals surface area contributed by atoms with Crippen molar-refractivity contribution < 1.29 is 44.0 Å². The Labute approximate surface area is 215 Å². The molecule has 10 nitrogen and oxygen atoms in total. The van der Waals surface area contributed by atoms with E-state index in [1.165, 1.54) is 0 Å². The van der Waals surface area contributed by atoms with Crippen LogP contribution in [0, 0.1) is 0 Å². The van der Waals surface area contributed by atoms with Crippen molar-refractivity contribution in [1.82, 2.24) is 0 Å². The molecule has 0 bridgehead atoms. The van der Waals surface area contributed by atoms with E-state index in [9.17, 15) is 30.4 Å². The summed E-state index contributed by atoms with van der Waals surface area (Å²) in [7, 11) is -14.8. The molecule has 16 heteroatoms. The van der Waals surface area contributed by atoms with Crippen molar-refractivity contribution in [2.75, 3.05) is 0 Å². The van der Waals surface area contributed by atoms with E-state index in [0.29, 0.717) is 24.3 Å². The molecule has 0 unspecified atom stereocenters. The van der Waals surface area contributed by atoms with Crippen molar-refractivity contribution in [2.24, 2.45) is 0 Å². The van der Waals surface area contributed by atoms with Crippen LogP contribution in [0.3, 0.4) is 0 Å². The van der Waals surface area contributed by atoms with Crippen LogP contribution in [0.15, 0.2) is 39.0 Å². The number of aromatic hydroxyl groups is 1. The van der Waals surface area contributed by atoms with Crippen molar-refractivity contribution in [1.29, 1.82) is 0 Å². The molecular formula is C10H8Na3O10S3. The van der Waals surface area contributed by atoms with Gasteiger partial charge in [-0.2, -0.15) is 25.3 Å². The molecule has 129 valence electrons. The Morgan fingerprint density at radius 2 is 1.08 bits per heavy atom. The van der Waals surface area contributed by atoms with E-state index in [2.05, 4.69) is 0 Å². The van der Waals surface area contributed by atoms with Crippen molar-refractivity contribution in [2.45, 2.75) is 14.7 Å². The van der Waals surface area contributed by atoms with Crippen LogP contribution in [-0.4, -0.2) is 133 Å². The van der Waals surface area contributed by atoms with Crippen molar-refractivity contribution in [3.05, 3.63) is 24.3 Å². The molecule has 0 saturated heterocycles. The molecule has 0 aliphatic carbocycles. The van der Waals surface area contributed by atoms with Crippen molar-refractivity contribution in [3.8, 4) is 5.75 Å². The summed E-state index contributed by atoms with van der Waals surface area (Å²) in [5.74, 6) is -1.02. The predicted molar refractivity (Wildman–Crippen MR) is 92.3 cm³/mol. The number of benzene rings is 2. The Balaban J connectivity index is 0. The molecule has 0 saturated carbocycles. The molecule has 0 aliphatic rings. The first-order valence-corrected chi connectivity index (χ1v) is 9.76. The van der Waals surface area contributed by atoms with Crippen LogP contribution in [0.25, 0.3) is 10.8 Å². The van der Waals surface area contributed by atoms with Crippen LogP contribution in [0.5, 0.6) is 5.75 Å². The van der Waals surface area contributed by atoms with Crippen LogP contribution >= 0.6 is 0 Å². The van der Waals surface area contributed by atoms with Gasteiger partial charge in [-0.3, -0.25) is 13.7 Å². The standard InChI is InChI=1S/C10H8O10S3.3Na/c11-8-4-7-5(2-10(8)23(18,19)20)1-6(21(12,13)14)3-9(7)22(15,16)17;;;/h1-4,11H,(H,12,13,14)(H,15,16,17)(H,18,19,20);;;. The van der Waals surface area contributed by atoms with Crippen LogP contribution < -0.4 is 0 Å². The van der Waals surface area contributed by atoms with Gasteiger partial charge in [-0.1, -0.05) is 0 Å². The fraction of sp³-hybridized carbons (Fsp3) is 0. The maximum atomic E-state index is 11.3. The summed E-state index contributed by atoms with van der Waals surface area (Å²) < 4.78 is 94.4. The monoisotopic (exact) mass is 453 g/mol. The fourth-order valence-electron chi connectivity index (χ4n) is 1.89. The van der Waals surface area contributed by atoms with Gasteiger partial charge in [-0.25, -0.2) is 0 Å². The van der Waals surface area contributed by atoms with Gasteiger partial charge in [-0.05, 0) is 29.7 Å². The van der Waals surface area contributed by atoms with Gasteiger partial charge in [0, 0.05) is 94.1 Å². The minimum absolute atomic E-state index is 0. The molecule has 0 aromatic heterocycles. The summed E-state index contributed by atoms with van der Waals surface area (Å²) in [6, 6.07) is 2.33. The first kappa shape index (κ1) is 29.4. The molecule has 0 fully saturated rings. The quantitative estimate of drug-likeness (QED) is 0.337. The van der Waals surface area contributed by atoms with Gasteiger partial charge in [0.05, 0.1) is 4.90 Å². The second-order valence-electron chi connectivity index (χ2n) is 4.39. The first-order valence-electron chi connectivity index (χ1n) is 5.44. The maximum Gasteiger partial charge on any atom is 0.298 e. The normalized spacial score (nSPS) is 11.8. The minimum Gasteiger partial charge on any atom is -0.506 e. The van der Waals surface area contributed by atoms with Crippen LogP contribution in [0.4, 0.5) is 0 Å². The molecule has 0 amide bonds. The van der Waals surface area contributed by atoms with Gasteiger partial charge in [0.25, 0.3) is 30.4 Å². The molecular weight excluding hydrogens is 445 g/mol. The molecule has 3 radical (unpaired) electrons. The molecule has 2 rings (SSSR count). The van der Waals surface area contributed by atoms with Gasteiger partial charge in [0.15, 0.2) is 0 Å². The van der Waals surface area contributed by atoms with Gasteiger partial charge < -0.3 is 5.11 Å². The third kappa shape index (κ3) is 6.64. The predicted octanol–water partition coefficient (Wildman–Crippen LogP) is -0.857. The summed E-state index contributed by atoms with van der Waals surface area (Å²) >= 11 is 0. The van der Waals surface area contributed by atoms with Crippen LogP contribution in [0.2, 0.25) is 0 Å². The molecule has 2 aromatic rings. The Kier molecular flexibility index (Phi) is 11.1. The molecule has 2 aromatic carbocycles. The summed E-state index contributed by atoms with van der Waals surface area (Å²) in [6.45, 7) is 0. The average Bonchev–Trinajstić information content (AvgIpc) is 2.32. The summed E-state index contributed by atoms with van der Waals surface area (Å²) in [5.41, 5.74) is 0. The number of hydrogen-bond acceptors (Lipinski definition) is 7. The van der Waals surface area contributed by atoms with Gasteiger partial charge in [0.1, 0.15) is 15.5 Å². The third-order valence-corrected chi connectivity index (χ3v) is 5.43. The van der Waals surface area contributed by atoms with E-state index in [1.807, 2.05) is 0 Å². The Hall–Kier alpha value is 1.23. The zero-order valence-electron chi connectivity index (χ0n) is 13.8. The zero-order chi connectivity index (χ0) is 17.8. The van der Waals surface area contributed by atoms with Crippen LogP contribution in [-0.2, 0) is 30.4 Å². The van der Waals surface area contributed by atoms with Gasteiger partial charge in [0.2, 0.25) is 0 Å². The van der Waals surface area contributed by atoms with E-state index in [1.54, 1.807) is 0 Å². The zero-order valence-corrected chi connectivity index (χ0v) is 22.2. The third-order valence-electron chi connectivity index (χ3n) is 2.82. The summed E-state index contributed by atoms with van der Waals surface area (Å²) in [5, 5.41) is 8.76. The number of fused-ring (bicyclic) bond motifs is 1. The number of phenols is 1. The largest absolute Gasteiger partial charge is 0.506 e. The molecule has 0 atom stereocenters. The van der Waals surface area contributed by atoms with E-state index in [4.69, 9.17) is 13.7 Å². The Morgan fingerprint density at radius 1 is 0.615 bits per heavy atom. The van der Waals surface area contributed by atoms with Crippen molar-refractivity contribution in [3.63, 3.8) is 0 Å². The van der Waals surface area contributed by atoms with Crippen molar-refractivity contribution >= 4 is 130 Å². The number of hydrogen-bond donors (Lipinski definition) is 4. The topological polar surface area (TPSA) is 183 Å². The summed E-state index contributed by atoms with van der Waals surface area (Å²) in [4.78, 5) is -2.94. The molecule has 4 N–H and O–H groups in total. The molecule has 0 spiro atoms. The van der Waals surface area contributed by atoms with E-state index < -0.39 is 61.6 Å². The molecule has 26 heavy (non-hydrogen) atoms. The fourth-order valence-corrected chi connectivity index (χ4v) is 3.83. The number of rotatable bonds is 3. The second kappa shape index (κ2) is 9.82. The van der Waals surface area contributed by atoms with Crippen LogP contribution in [0.1, 0.15) is 0 Å². The van der Waals surface area contributed by atoms with Gasteiger partial charge in [-0.15, -0.1) is 0 Å². The van der Waals surface area contributed by atoms with E-state index in [-0.39, 0.29) is 88.7 Å².